The second-order valence-electron chi connectivity index (χ2n) is 5.98. The Bertz CT molecular complexity index is 1080. The second kappa shape index (κ2) is 6.80. The molecule has 0 aliphatic carbocycles. The molecule has 6 heteroatoms. The summed E-state index contributed by atoms with van der Waals surface area (Å²) in [7, 11) is 0. The van der Waals surface area contributed by atoms with Crippen molar-refractivity contribution in [3.8, 4) is 0 Å². The van der Waals surface area contributed by atoms with E-state index in [0.29, 0.717) is 18.1 Å². The first-order valence-electron chi connectivity index (χ1n) is 8.11. The van der Waals surface area contributed by atoms with Gasteiger partial charge in [-0.1, -0.05) is 30.3 Å². The van der Waals surface area contributed by atoms with E-state index in [2.05, 4.69) is 15.3 Å². The zero-order chi connectivity index (χ0) is 18.1. The smallest absolute Gasteiger partial charge is 0.149 e. The molecule has 130 valence electrons. The summed E-state index contributed by atoms with van der Waals surface area (Å²) in [6, 6.07) is 15.3. The lowest BCUT2D eigenvalue weighted by molar-refractivity contribution is 0.586. The molecule has 1 N–H and O–H groups in total. The summed E-state index contributed by atoms with van der Waals surface area (Å²) in [6.45, 7) is 1.99. The third-order valence-corrected chi connectivity index (χ3v) is 4.90. The Morgan fingerprint density at radius 2 is 1.81 bits per heavy atom. The van der Waals surface area contributed by atoms with Crippen LogP contribution in [0.5, 0.6) is 0 Å². The molecule has 2 heterocycles. The van der Waals surface area contributed by atoms with E-state index in [0.717, 1.165) is 26.7 Å². The largest absolute Gasteiger partial charge is 0.337 e. The number of anilines is 2. The van der Waals surface area contributed by atoms with E-state index in [1.54, 1.807) is 11.3 Å². The van der Waals surface area contributed by atoms with Crippen molar-refractivity contribution in [3.05, 3.63) is 82.5 Å². The van der Waals surface area contributed by atoms with Crippen LogP contribution >= 0.6 is 11.3 Å². The molecule has 0 atom stereocenters. The van der Waals surface area contributed by atoms with Gasteiger partial charge in [-0.05, 0) is 30.7 Å². The number of hydrogen-bond acceptors (Lipinski definition) is 4. The number of benzene rings is 2. The first kappa shape index (κ1) is 16.6. The Labute approximate surface area is 153 Å². The van der Waals surface area contributed by atoms with Crippen LogP contribution in [0.2, 0.25) is 0 Å². The average molecular weight is 367 g/mol. The maximum atomic E-state index is 14.0. The standard InChI is InChI=1S/C20H15F2N3S/c1-12-9-15-19(23-17-8-7-14(21)11-16(17)22)24-18(25-20(15)26-12)10-13-5-3-2-4-6-13/h2-9,11H,10H2,1H3,(H,23,24,25). The monoisotopic (exact) mass is 367 g/mol. The Balaban J connectivity index is 1.76. The lowest BCUT2D eigenvalue weighted by atomic mass is 10.1. The number of aryl methyl sites for hydroxylation is 1. The predicted molar refractivity (Wildman–Crippen MR) is 101 cm³/mol. The lowest BCUT2D eigenvalue weighted by Gasteiger charge is -2.10. The number of halogens is 2. The number of thiophene rings is 1. The molecule has 0 unspecified atom stereocenters. The SMILES string of the molecule is Cc1cc2c(Nc3ccc(F)cc3F)nc(Cc3ccccc3)nc2s1. The van der Waals surface area contributed by atoms with Gasteiger partial charge in [0.05, 0.1) is 11.1 Å². The minimum Gasteiger partial charge on any atom is -0.337 e. The fourth-order valence-corrected chi connectivity index (χ4v) is 3.66. The molecule has 26 heavy (non-hydrogen) atoms. The molecule has 0 aliphatic heterocycles. The van der Waals surface area contributed by atoms with Crippen LogP contribution in [-0.2, 0) is 6.42 Å². The summed E-state index contributed by atoms with van der Waals surface area (Å²) in [5, 5.41) is 3.82. The highest BCUT2D eigenvalue weighted by molar-refractivity contribution is 7.18. The van der Waals surface area contributed by atoms with Gasteiger partial charge >= 0.3 is 0 Å². The first-order chi connectivity index (χ1) is 12.6. The lowest BCUT2D eigenvalue weighted by Crippen LogP contribution is -2.03. The molecule has 4 aromatic rings. The van der Waals surface area contributed by atoms with Crippen molar-refractivity contribution in [2.45, 2.75) is 13.3 Å². The van der Waals surface area contributed by atoms with Crippen molar-refractivity contribution < 1.29 is 8.78 Å². The van der Waals surface area contributed by atoms with Crippen LogP contribution in [0.3, 0.4) is 0 Å². The van der Waals surface area contributed by atoms with Crippen LogP contribution in [-0.4, -0.2) is 9.97 Å². The van der Waals surface area contributed by atoms with E-state index in [4.69, 9.17) is 0 Å². The number of aromatic nitrogens is 2. The fourth-order valence-electron chi connectivity index (χ4n) is 2.76. The fraction of sp³-hybridized carbons (Fsp3) is 0.100. The number of nitrogens with zero attached hydrogens (tertiary/aromatic N) is 2. The van der Waals surface area contributed by atoms with Gasteiger partial charge in [-0.3, -0.25) is 0 Å². The molecular weight excluding hydrogens is 352 g/mol. The second-order valence-corrected chi connectivity index (χ2v) is 7.21. The summed E-state index contributed by atoms with van der Waals surface area (Å²) in [5.41, 5.74) is 1.28. The minimum atomic E-state index is -0.659. The summed E-state index contributed by atoms with van der Waals surface area (Å²) in [4.78, 5) is 11.2. The molecule has 0 saturated carbocycles. The number of nitrogens with one attached hydrogen (secondary N) is 1. The third-order valence-electron chi connectivity index (χ3n) is 3.95. The van der Waals surface area contributed by atoms with Crippen LogP contribution in [0.4, 0.5) is 20.3 Å². The van der Waals surface area contributed by atoms with Gasteiger partial charge in [-0.2, -0.15) is 0 Å². The van der Waals surface area contributed by atoms with Crippen LogP contribution < -0.4 is 5.32 Å². The van der Waals surface area contributed by atoms with Crippen molar-refractivity contribution >= 4 is 33.1 Å². The number of fused-ring (bicyclic) bond motifs is 1. The van der Waals surface area contributed by atoms with Gasteiger partial charge in [-0.15, -0.1) is 11.3 Å². The highest BCUT2D eigenvalue weighted by Gasteiger charge is 2.13. The van der Waals surface area contributed by atoms with E-state index in [1.807, 2.05) is 43.3 Å². The van der Waals surface area contributed by atoms with Gasteiger partial charge < -0.3 is 5.32 Å². The molecule has 0 fully saturated rings. The molecule has 4 rings (SSSR count). The number of rotatable bonds is 4. The molecule has 0 amide bonds. The molecule has 2 aromatic carbocycles. The Morgan fingerprint density at radius 3 is 2.58 bits per heavy atom. The van der Waals surface area contributed by atoms with E-state index >= 15 is 0 Å². The van der Waals surface area contributed by atoms with Crippen molar-refractivity contribution in [3.63, 3.8) is 0 Å². The molecule has 0 bridgehead atoms. The topological polar surface area (TPSA) is 37.8 Å². The predicted octanol–water partition coefficient (Wildman–Crippen LogP) is 5.61. The molecule has 0 spiro atoms. The van der Waals surface area contributed by atoms with Gasteiger partial charge in [0.15, 0.2) is 0 Å². The Morgan fingerprint density at radius 1 is 1.00 bits per heavy atom. The normalized spacial score (nSPS) is 11.0. The van der Waals surface area contributed by atoms with Crippen molar-refractivity contribution in [2.75, 3.05) is 5.32 Å². The summed E-state index contributed by atoms with van der Waals surface area (Å²) >= 11 is 1.56. The van der Waals surface area contributed by atoms with Crippen LogP contribution in [0.15, 0.2) is 54.6 Å². The zero-order valence-corrected chi connectivity index (χ0v) is 14.8. The van der Waals surface area contributed by atoms with Gasteiger partial charge in [0.25, 0.3) is 0 Å². The van der Waals surface area contributed by atoms with Crippen LogP contribution in [0, 0.1) is 18.6 Å². The average Bonchev–Trinajstić information content (AvgIpc) is 2.99. The minimum absolute atomic E-state index is 0.181. The third kappa shape index (κ3) is 3.41. The Kier molecular flexibility index (Phi) is 4.34. The van der Waals surface area contributed by atoms with Gasteiger partial charge in [0.1, 0.15) is 28.1 Å². The van der Waals surface area contributed by atoms with E-state index < -0.39 is 11.6 Å². The van der Waals surface area contributed by atoms with Crippen LogP contribution in [0.1, 0.15) is 16.3 Å². The van der Waals surface area contributed by atoms with Crippen molar-refractivity contribution in [2.24, 2.45) is 0 Å². The van der Waals surface area contributed by atoms with E-state index in [-0.39, 0.29) is 5.69 Å². The maximum Gasteiger partial charge on any atom is 0.149 e. The summed E-state index contributed by atoms with van der Waals surface area (Å²) in [6.07, 6.45) is 0.578. The number of hydrogen-bond donors (Lipinski definition) is 1. The van der Waals surface area contributed by atoms with Gasteiger partial charge in [0.2, 0.25) is 0 Å². The van der Waals surface area contributed by atoms with Crippen molar-refractivity contribution in [1.29, 1.82) is 0 Å². The quantitative estimate of drug-likeness (QED) is 0.509. The molecule has 3 nitrogen and oxygen atoms in total. The highest BCUT2D eigenvalue weighted by Crippen LogP contribution is 2.31. The zero-order valence-electron chi connectivity index (χ0n) is 14.0. The van der Waals surface area contributed by atoms with Gasteiger partial charge in [0, 0.05) is 17.4 Å². The summed E-state index contributed by atoms with van der Waals surface area (Å²) < 4.78 is 27.2. The van der Waals surface area contributed by atoms with E-state index in [1.165, 1.54) is 12.1 Å². The van der Waals surface area contributed by atoms with E-state index in [9.17, 15) is 8.78 Å². The van der Waals surface area contributed by atoms with Crippen molar-refractivity contribution in [1.82, 2.24) is 9.97 Å². The highest BCUT2D eigenvalue weighted by atomic mass is 32.1. The summed E-state index contributed by atoms with van der Waals surface area (Å²) in [5.74, 6) is -0.100. The molecular formula is C20H15F2N3S. The van der Waals surface area contributed by atoms with Gasteiger partial charge in [-0.25, -0.2) is 18.7 Å². The molecule has 0 radical (unpaired) electrons. The molecule has 0 saturated heterocycles. The molecule has 0 aliphatic rings. The molecule has 2 aromatic heterocycles. The van der Waals surface area contributed by atoms with Crippen LogP contribution in [0.25, 0.3) is 10.2 Å². The first-order valence-corrected chi connectivity index (χ1v) is 8.93. The maximum absolute atomic E-state index is 14.0. The Hall–Kier alpha value is -2.86.